The van der Waals surface area contributed by atoms with Gasteiger partial charge in [0.05, 0.1) is 0 Å². The van der Waals surface area contributed by atoms with Crippen LogP contribution in [0.3, 0.4) is 0 Å². The van der Waals surface area contributed by atoms with E-state index in [0.717, 1.165) is 0 Å². The van der Waals surface area contributed by atoms with Gasteiger partial charge < -0.3 is 0 Å². The first kappa shape index (κ1) is 13.9. The van der Waals surface area contributed by atoms with E-state index >= 15 is 0 Å². The highest BCUT2D eigenvalue weighted by Gasteiger charge is 2.50. The Morgan fingerprint density at radius 3 is 1.94 bits per heavy atom. The second-order valence-electron chi connectivity index (χ2n) is 7.05. The van der Waals surface area contributed by atoms with E-state index in [2.05, 4.69) is 25.7 Å². The highest BCUT2D eigenvalue weighted by Crippen LogP contribution is 2.44. The molecule has 0 bridgehead atoms. The van der Waals surface area contributed by atoms with Gasteiger partial charge in [-0.05, 0) is 26.2 Å². The fraction of sp³-hybridized carbons (Fsp3) is 1.00. The Hall–Kier alpha value is -0.180. The van der Waals surface area contributed by atoms with Gasteiger partial charge in [-0.1, -0.05) is 20.8 Å². The molecular weight excluding hydrogens is 208 g/mol. The molecule has 0 N–H and O–H groups in total. The standard InChI is InChI=1S/C13H25F2N/c1-11(2,3)10-9-16(12(4,5)6)8-7-13(10,14)15/h10H,7-9H2,1-6H3. The molecule has 0 saturated carbocycles. The summed E-state index contributed by atoms with van der Waals surface area (Å²) in [6, 6.07) is 0. The van der Waals surface area contributed by atoms with Crippen LogP contribution in [0.25, 0.3) is 0 Å². The quantitative estimate of drug-likeness (QED) is 0.615. The van der Waals surface area contributed by atoms with E-state index in [0.29, 0.717) is 13.1 Å². The number of nitrogens with zero attached hydrogens (tertiary/aromatic N) is 1. The Morgan fingerprint density at radius 1 is 1.06 bits per heavy atom. The fourth-order valence-corrected chi connectivity index (χ4v) is 2.42. The summed E-state index contributed by atoms with van der Waals surface area (Å²) in [5, 5.41) is 0. The molecule has 3 heteroatoms. The molecule has 1 atom stereocenters. The van der Waals surface area contributed by atoms with Crippen molar-refractivity contribution >= 4 is 0 Å². The first-order valence-corrected chi connectivity index (χ1v) is 6.07. The van der Waals surface area contributed by atoms with Crippen LogP contribution in [0, 0.1) is 11.3 Å². The summed E-state index contributed by atoms with van der Waals surface area (Å²) in [6.07, 6.45) is -0.00773. The van der Waals surface area contributed by atoms with Crippen LogP contribution in [0.5, 0.6) is 0 Å². The van der Waals surface area contributed by atoms with E-state index in [1.165, 1.54) is 0 Å². The van der Waals surface area contributed by atoms with Crippen molar-refractivity contribution in [2.24, 2.45) is 11.3 Å². The molecule has 96 valence electrons. The SMILES string of the molecule is CC(C)(C)C1CN(C(C)(C)C)CCC1(F)F. The molecule has 1 aliphatic rings. The van der Waals surface area contributed by atoms with Crippen molar-refractivity contribution < 1.29 is 8.78 Å². The van der Waals surface area contributed by atoms with Crippen molar-refractivity contribution in [3.05, 3.63) is 0 Å². The predicted molar refractivity (Wildman–Crippen MR) is 63.8 cm³/mol. The number of likely N-dealkylation sites (tertiary alicyclic amines) is 1. The van der Waals surface area contributed by atoms with E-state index < -0.39 is 11.8 Å². The van der Waals surface area contributed by atoms with E-state index in [-0.39, 0.29) is 17.4 Å². The van der Waals surface area contributed by atoms with Crippen molar-refractivity contribution in [1.29, 1.82) is 0 Å². The highest BCUT2D eigenvalue weighted by molar-refractivity contribution is 4.95. The number of hydrogen-bond acceptors (Lipinski definition) is 1. The maximum Gasteiger partial charge on any atom is 0.253 e. The monoisotopic (exact) mass is 233 g/mol. The van der Waals surface area contributed by atoms with Crippen LogP contribution in [0.2, 0.25) is 0 Å². The smallest absolute Gasteiger partial charge is 0.253 e. The van der Waals surface area contributed by atoms with Gasteiger partial charge >= 0.3 is 0 Å². The van der Waals surface area contributed by atoms with Crippen LogP contribution < -0.4 is 0 Å². The third-order valence-electron chi connectivity index (χ3n) is 3.62. The zero-order valence-electron chi connectivity index (χ0n) is 11.4. The van der Waals surface area contributed by atoms with Crippen molar-refractivity contribution in [2.75, 3.05) is 13.1 Å². The molecular formula is C13H25F2N. The largest absolute Gasteiger partial charge is 0.298 e. The molecule has 1 fully saturated rings. The Balaban J connectivity index is 2.87. The Bertz CT molecular complexity index is 248. The highest BCUT2D eigenvalue weighted by atomic mass is 19.3. The third-order valence-corrected chi connectivity index (χ3v) is 3.62. The van der Waals surface area contributed by atoms with Gasteiger partial charge in [0.1, 0.15) is 0 Å². The van der Waals surface area contributed by atoms with E-state index in [4.69, 9.17) is 0 Å². The first-order chi connectivity index (χ1) is 6.94. The minimum Gasteiger partial charge on any atom is -0.298 e. The molecule has 0 aromatic heterocycles. The van der Waals surface area contributed by atoms with Gasteiger partial charge in [0.25, 0.3) is 5.92 Å². The Kier molecular flexibility index (Phi) is 3.41. The molecule has 0 amide bonds. The van der Waals surface area contributed by atoms with Gasteiger partial charge in [0.15, 0.2) is 0 Å². The minimum absolute atomic E-state index is 0.00773. The van der Waals surface area contributed by atoms with Crippen LogP contribution in [-0.2, 0) is 0 Å². The summed E-state index contributed by atoms with van der Waals surface area (Å²) < 4.78 is 27.8. The second kappa shape index (κ2) is 3.94. The summed E-state index contributed by atoms with van der Waals surface area (Å²) >= 11 is 0. The molecule has 0 aliphatic carbocycles. The summed E-state index contributed by atoms with van der Waals surface area (Å²) in [5.74, 6) is -3.06. The molecule has 1 aliphatic heterocycles. The maximum atomic E-state index is 13.9. The summed E-state index contributed by atoms with van der Waals surface area (Å²) in [6.45, 7) is 13.0. The van der Waals surface area contributed by atoms with Crippen LogP contribution in [0.4, 0.5) is 8.78 Å². The van der Waals surface area contributed by atoms with Gasteiger partial charge in [-0.25, -0.2) is 8.78 Å². The second-order valence-corrected chi connectivity index (χ2v) is 7.05. The lowest BCUT2D eigenvalue weighted by Gasteiger charge is -2.48. The Morgan fingerprint density at radius 2 is 1.56 bits per heavy atom. The summed E-state index contributed by atoms with van der Waals surface area (Å²) in [4.78, 5) is 2.18. The van der Waals surface area contributed by atoms with E-state index in [9.17, 15) is 8.78 Å². The number of halogens is 2. The topological polar surface area (TPSA) is 3.24 Å². The average molecular weight is 233 g/mol. The Labute approximate surface area is 98.2 Å². The van der Waals surface area contributed by atoms with E-state index in [1.807, 2.05) is 20.8 Å². The number of hydrogen-bond donors (Lipinski definition) is 0. The summed E-state index contributed by atoms with van der Waals surface area (Å²) in [7, 11) is 0. The van der Waals surface area contributed by atoms with Gasteiger partial charge in [0, 0.05) is 31.0 Å². The zero-order chi connectivity index (χ0) is 12.8. The van der Waals surface area contributed by atoms with Crippen LogP contribution in [0.1, 0.15) is 48.0 Å². The molecule has 1 heterocycles. The molecule has 1 nitrogen and oxygen atoms in total. The first-order valence-electron chi connectivity index (χ1n) is 6.07. The molecule has 0 radical (unpaired) electrons. The van der Waals surface area contributed by atoms with Gasteiger partial charge in [-0.15, -0.1) is 0 Å². The van der Waals surface area contributed by atoms with E-state index in [1.54, 1.807) is 0 Å². The average Bonchev–Trinajstić information content (AvgIpc) is 1.98. The maximum absolute atomic E-state index is 13.9. The number of rotatable bonds is 0. The number of alkyl halides is 2. The van der Waals surface area contributed by atoms with Crippen molar-refractivity contribution in [3.8, 4) is 0 Å². The third kappa shape index (κ3) is 2.93. The molecule has 1 saturated heterocycles. The fourth-order valence-electron chi connectivity index (χ4n) is 2.42. The van der Waals surface area contributed by atoms with Crippen LogP contribution in [0.15, 0.2) is 0 Å². The van der Waals surface area contributed by atoms with Crippen LogP contribution in [-0.4, -0.2) is 29.5 Å². The molecule has 1 unspecified atom stereocenters. The van der Waals surface area contributed by atoms with Crippen molar-refractivity contribution in [1.82, 2.24) is 4.90 Å². The molecule has 0 spiro atoms. The van der Waals surface area contributed by atoms with Gasteiger partial charge in [0.2, 0.25) is 0 Å². The van der Waals surface area contributed by atoms with Crippen LogP contribution >= 0.6 is 0 Å². The minimum atomic E-state index is -2.51. The van der Waals surface area contributed by atoms with Crippen molar-refractivity contribution in [3.63, 3.8) is 0 Å². The molecule has 16 heavy (non-hydrogen) atoms. The lowest BCUT2D eigenvalue weighted by atomic mass is 9.73. The lowest BCUT2D eigenvalue weighted by Crippen LogP contribution is -2.56. The van der Waals surface area contributed by atoms with Crippen molar-refractivity contribution in [2.45, 2.75) is 59.4 Å². The molecule has 1 rings (SSSR count). The summed E-state index contributed by atoms with van der Waals surface area (Å²) in [5.41, 5.74) is -0.354. The van der Waals surface area contributed by atoms with Gasteiger partial charge in [-0.2, -0.15) is 0 Å². The predicted octanol–water partition coefficient (Wildman–Crippen LogP) is 3.79. The van der Waals surface area contributed by atoms with Gasteiger partial charge in [-0.3, -0.25) is 4.90 Å². The molecule has 0 aromatic carbocycles. The molecule has 0 aromatic rings. The normalized spacial score (nSPS) is 28.1. The number of piperidine rings is 1. The lowest BCUT2D eigenvalue weighted by molar-refractivity contribution is -0.152. The zero-order valence-corrected chi connectivity index (χ0v) is 11.4.